The second-order valence-electron chi connectivity index (χ2n) is 4.42. The Morgan fingerprint density at radius 1 is 1.25 bits per heavy atom. The zero-order valence-electron chi connectivity index (χ0n) is 11.4. The molecule has 0 atom stereocenters. The van der Waals surface area contributed by atoms with Crippen LogP contribution in [0.15, 0.2) is 35.5 Å². The van der Waals surface area contributed by atoms with E-state index in [1.165, 1.54) is 24.7 Å². The van der Waals surface area contributed by atoms with Crippen molar-refractivity contribution in [3.8, 4) is 0 Å². The third-order valence-corrected chi connectivity index (χ3v) is 4.62. The minimum Gasteiger partial charge on any atom is -0.385 e. The number of rotatable bonds is 6. The minimum atomic E-state index is -3.37. The van der Waals surface area contributed by atoms with Crippen LogP contribution in [0.1, 0.15) is 5.82 Å². The molecule has 0 amide bonds. The highest BCUT2D eigenvalue weighted by atomic mass is 32.2. The summed E-state index contributed by atoms with van der Waals surface area (Å²) in [5.41, 5.74) is 0.863. The lowest BCUT2D eigenvalue weighted by Gasteiger charge is -2.12. The van der Waals surface area contributed by atoms with Crippen molar-refractivity contribution >= 4 is 15.7 Å². The lowest BCUT2D eigenvalue weighted by atomic mass is 10.3. The molecule has 1 aromatic heterocycles. The van der Waals surface area contributed by atoms with E-state index in [0.717, 1.165) is 17.9 Å². The Bertz CT molecular complexity index is 635. The average Bonchev–Trinajstić information content (AvgIpc) is 2.92. The number of hydrogen-bond donors (Lipinski definition) is 2. The maximum atomic E-state index is 11.9. The van der Waals surface area contributed by atoms with Gasteiger partial charge in [0.05, 0.1) is 4.90 Å². The van der Waals surface area contributed by atoms with Crippen LogP contribution in [0, 0.1) is 0 Å². The lowest BCUT2D eigenvalue weighted by Crippen LogP contribution is -2.22. The van der Waals surface area contributed by atoms with Crippen LogP contribution in [0.25, 0.3) is 0 Å². The summed E-state index contributed by atoms with van der Waals surface area (Å²) >= 11 is 0. The predicted octanol–water partition coefficient (Wildman–Crippen LogP) is 0.710. The normalized spacial score (nSPS) is 11.8. The van der Waals surface area contributed by atoms with E-state index in [1.54, 1.807) is 24.3 Å². The molecule has 0 aliphatic carbocycles. The lowest BCUT2D eigenvalue weighted by molar-refractivity contribution is 0.521. The number of aromatic nitrogens is 3. The van der Waals surface area contributed by atoms with Crippen molar-refractivity contribution in [1.29, 1.82) is 0 Å². The van der Waals surface area contributed by atoms with Crippen LogP contribution in [-0.2, 0) is 16.4 Å². The Labute approximate surface area is 118 Å². The number of H-pyrrole nitrogens is 1. The molecule has 0 aliphatic heterocycles. The molecule has 0 saturated heterocycles. The third-order valence-electron chi connectivity index (χ3n) is 2.79. The predicted molar refractivity (Wildman–Crippen MR) is 75.9 cm³/mol. The molecule has 7 nitrogen and oxygen atoms in total. The molecule has 2 aromatic rings. The van der Waals surface area contributed by atoms with E-state index in [-0.39, 0.29) is 4.90 Å². The molecule has 8 heteroatoms. The number of hydrogen-bond acceptors (Lipinski definition) is 5. The van der Waals surface area contributed by atoms with Crippen molar-refractivity contribution in [3.05, 3.63) is 36.4 Å². The first kappa shape index (κ1) is 14.5. The standard InChI is InChI=1S/C12H17N5O2S/c1-17(2)20(18,19)11-5-3-10(4-6-11)13-8-7-12-14-9-15-16-12/h3-6,9,13H,7-8H2,1-2H3,(H,14,15,16). The monoisotopic (exact) mass is 295 g/mol. The number of anilines is 1. The van der Waals surface area contributed by atoms with Gasteiger partial charge in [-0.1, -0.05) is 0 Å². The van der Waals surface area contributed by atoms with Crippen LogP contribution in [-0.4, -0.2) is 48.5 Å². The molecular weight excluding hydrogens is 278 g/mol. The summed E-state index contributed by atoms with van der Waals surface area (Å²) < 4.78 is 25.0. The van der Waals surface area contributed by atoms with Crippen LogP contribution in [0.2, 0.25) is 0 Å². The Morgan fingerprint density at radius 2 is 1.95 bits per heavy atom. The molecule has 20 heavy (non-hydrogen) atoms. The average molecular weight is 295 g/mol. The molecule has 0 bridgehead atoms. The van der Waals surface area contributed by atoms with Crippen LogP contribution in [0.5, 0.6) is 0 Å². The van der Waals surface area contributed by atoms with Gasteiger partial charge in [0.25, 0.3) is 0 Å². The fourth-order valence-electron chi connectivity index (χ4n) is 1.63. The highest BCUT2D eigenvalue weighted by Crippen LogP contribution is 2.16. The second kappa shape index (κ2) is 6.02. The minimum absolute atomic E-state index is 0.281. The largest absolute Gasteiger partial charge is 0.385 e. The van der Waals surface area contributed by atoms with Crippen molar-refractivity contribution in [2.24, 2.45) is 0 Å². The van der Waals surface area contributed by atoms with Gasteiger partial charge in [-0.3, -0.25) is 5.10 Å². The Balaban J connectivity index is 1.95. The molecule has 1 heterocycles. The summed E-state index contributed by atoms with van der Waals surface area (Å²) in [7, 11) is -0.342. The van der Waals surface area contributed by atoms with Gasteiger partial charge in [-0.15, -0.1) is 0 Å². The van der Waals surface area contributed by atoms with E-state index in [4.69, 9.17) is 0 Å². The number of nitrogens with zero attached hydrogens (tertiary/aromatic N) is 3. The Kier molecular flexibility index (Phi) is 4.35. The van der Waals surface area contributed by atoms with Gasteiger partial charge in [-0.2, -0.15) is 5.10 Å². The van der Waals surface area contributed by atoms with E-state index in [2.05, 4.69) is 20.5 Å². The highest BCUT2D eigenvalue weighted by Gasteiger charge is 2.16. The molecule has 0 aliphatic rings. The van der Waals surface area contributed by atoms with Crippen LogP contribution >= 0.6 is 0 Å². The van der Waals surface area contributed by atoms with Crippen LogP contribution < -0.4 is 5.32 Å². The van der Waals surface area contributed by atoms with Crippen LogP contribution in [0.4, 0.5) is 5.69 Å². The summed E-state index contributed by atoms with van der Waals surface area (Å²) in [6.45, 7) is 0.689. The van der Waals surface area contributed by atoms with E-state index >= 15 is 0 Å². The van der Waals surface area contributed by atoms with Crippen molar-refractivity contribution in [2.75, 3.05) is 26.0 Å². The first-order chi connectivity index (χ1) is 9.50. The quantitative estimate of drug-likeness (QED) is 0.819. The van der Waals surface area contributed by atoms with E-state index in [1.807, 2.05) is 0 Å². The fourth-order valence-corrected chi connectivity index (χ4v) is 2.53. The van der Waals surface area contributed by atoms with Crippen LogP contribution in [0.3, 0.4) is 0 Å². The van der Waals surface area contributed by atoms with Gasteiger partial charge in [0, 0.05) is 32.7 Å². The van der Waals surface area contributed by atoms with Gasteiger partial charge in [0.2, 0.25) is 10.0 Å². The zero-order valence-corrected chi connectivity index (χ0v) is 12.2. The molecule has 108 valence electrons. The molecule has 0 saturated carbocycles. The van der Waals surface area contributed by atoms with Crippen molar-refractivity contribution < 1.29 is 8.42 Å². The number of benzene rings is 1. The van der Waals surface area contributed by atoms with Gasteiger partial charge in [-0.25, -0.2) is 17.7 Å². The van der Waals surface area contributed by atoms with Gasteiger partial charge in [0.15, 0.2) is 0 Å². The zero-order chi connectivity index (χ0) is 14.6. The van der Waals surface area contributed by atoms with Gasteiger partial charge in [0.1, 0.15) is 12.2 Å². The molecule has 2 N–H and O–H groups in total. The highest BCUT2D eigenvalue weighted by molar-refractivity contribution is 7.89. The molecule has 0 spiro atoms. The van der Waals surface area contributed by atoms with E-state index < -0.39 is 10.0 Å². The number of sulfonamides is 1. The SMILES string of the molecule is CN(C)S(=O)(=O)c1ccc(NCCc2ncn[nH]2)cc1. The first-order valence-electron chi connectivity index (χ1n) is 6.11. The van der Waals surface area contributed by atoms with E-state index in [9.17, 15) is 8.42 Å². The molecule has 2 rings (SSSR count). The maximum absolute atomic E-state index is 11.9. The molecule has 0 fully saturated rings. The summed E-state index contributed by atoms with van der Waals surface area (Å²) in [5, 5.41) is 9.74. The van der Waals surface area contributed by atoms with Gasteiger partial charge in [-0.05, 0) is 24.3 Å². The van der Waals surface area contributed by atoms with Gasteiger partial charge < -0.3 is 5.32 Å². The van der Waals surface area contributed by atoms with E-state index in [0.29, 0.717) is 6.54 Å². The van der Waals surface area contributed by atoms with Crippen molar-refractivity contribution in [2.45, 2.75) is 11.3 Å². The summed E-state index contributed by atoms with van der Waals surface area (Å²) in [6.07, 6.45) is 2.19. The summed E-state index contributed by atoms with van der Waals surface area (Å²) in [5.74, 6) is 0.810. The van der Waals surface area contributed by atoms with Crippen molar-refractivity contribution in [1.82, 2.24) is 19.5 Å². The molecule has 0 unspecified atom stereocenters. The van der Waals surface area contributed by atoms with Crippen molar-refractivity contribution in [3.63, 3.8) is 0 Å². The smallest absolute Gasteiger partial charge is 0.242 e. The second-order valence-corrected chi connectivity index (χ2v) is 6.57. The van der Waals surface area contributed by atoms with Gasteiger partial charge >= 0.3 is 0 Å². The summed E-state index contributed by atoms with van der Waals surface area (Å²) in [4.78, 5) is 4.30. The Hall–Kier alpha value is -1.93. The first-order valence-corrected chi connectivity index (χ1v) is 7.55. The topological polar surface area (TPSA) is 91.0 Å². The number of aromatic amines is 1. The number of nitrogens with one attached hydrogen (secondary N) is 2. The third kappa shape index (κ3) is 3.34. The molecule has 0 radical (unpaired) electrons. The molecule has 1 aromatic carbocycles. The summed E-state index contributed by atoms with van der Waals surface area (Å²) in [6, 6.07) is 6.67. The molecular formula is C12H17N5O2S. The fraction of sp³-hybridized carbons (Fsp3) is 0.333. The Morgan fingerprint density at radius 3 is 2.50 bits per heavy atom. The maximum Gasteiger partial charge on any atom is 0.242 e.